The van der Waals surface area contributed by atoms with Crippen LogP contribution in [0.25, 0.3) is 0 Å². The molecule has 1 N–H and O–H groups in total. The molecular weight excluding hydrogens is 159 g/mol. The van der Waals surface area contributed by atoms with Gasteiger partial charge in [-0.1, -0.05) is 44.2 Å². The molecule has 0 fully saturated rings. The number of rotatable bonds is 2. The Morgan fingerprint density at radius 3 is 2.00 bits per heavy atom. The summed E-state index contributed by atoms with van der Waals surface area (Å²) in [5.41, 5.74) is 1.00. The standard InChI is InChI=1S/C10H14O.Na.H/c1-8(2)10(11)9-6-4-3-5-7-9;;/h3-8,10-11H,1-2H3;;. The van der Waals surface area contributed by atoms with E-state index in [1.54, 1.807) is 0 Å². The van der Waals surface area contributed by atoms with E-state index < -0.39 is 0 Å². The Morgan fingerprint density at radius 1 is 1.08 bits per heavy atom. The molecule has 0 aromatic heterocycles. The first-order valence-corrected chi connectivity index (χ1v) is 3.95. The summed E-state index contributed by atoms with van der Waals surface area (Å²) in [6, 6.07) is 9.74. The molecule has 1 aromatic rings. The van der Waals surface area contributed by atoms with Crippen molar-refractivity contribution in [1.82, 2.24) is 0 Å². The summed E-state index contributed by atoms with van der Waals surface area (Å²) in [6.07, 6.45) is -0.323. The van der Waals surface area contributed by atoms with Gasteiger partial charge in [-0.2, -0.15) is 0 Å². The van der Waals surface area contributed by atoms with E-state index in [1.165, 1.54) is 0 Å². The van der Waals surface area contributed by atoms with Crippen LogP contribution in [-0.2, 0) is 0 Å². The van der Waals surface area contributed by atoms with Gasteiger partial charge in [-0.15, -0.1) is 0 Å². The van der Waals surface area contributed by atoms with Gasteiger partial charge in [0.25, 0.3) is 0 Å². The van der Waals surface area contributed by atoms with Gasteiger partial charge in [0.15, 0.2) is 0 Å². The molecule has 0 saturated carbocycles. The predicted octanol–water partition coefficient (Wildman–Crippen LogP) is 1.73. The fraction of sp³-hybridized carbons (Fsp3) is 0.400. The second kappa shape index (κ2) is 5.76. The maximum absolute atomic E-state index is 9.60. The molecule has 0 amide bonds. The van der Waals surface area contributed by atoms with E-state index in [1.807, 2.05) is 44.2 Å². The summed E-state index contributed by atoms with van der Waals surface area (Å²) in [6.45, 7) is 4.02. The van der Waals surface area contributed by atoms with Gasteiger partial charge < -0.3 is 5.11 Å². The molecule has 0 aliphatic carbocycles. The molecule has 62 valence electrons. The normalized spacial score (nSPS) is 12.3. The third-order valence-corrected chi connectivity index (χ3v) is 1.77. The minimum atomic E-state index is -0.323. The van der Waals surface area contributed by atoms with Crippen molar-refractivity contribution in [2.75, 3.05) is 0 Å². The van der Waals surface area contributed by atoms with Crippen molar-refractivity contribution in [2.24, 2.45) is 5.92 Å². The Bertz CT molecular complexity index is 208. The maximum atomic E-state index is 9.60. The van der Waals surface area contributed by atoms with Crippen molar-refractivity contribution in [3.8, 4) is 0 Å². The molecule has 0 spiro atoms. The van der Waals surface area contributed by atoms with Gasteiger partial charge in [-0.05, 0) is 11.5 Å². The molecule has 0 heterocycles. The van der Waals surface area contributed by atoms with Crippen molar-refractivity contribution >= 4 is 29.6 Å². The van der Waals surface area contributed by atoms with Crippen LogP contribution in [0.1, 0.15) is 25.5 Å². The molecule has 1 atom stereocenters. The van der Waals surface area contributed by atoms with Gasteiger partial charge in [0.1, 0.15) is 0 Å². The van der Waals surface area contributed by atoms with Gasteiger partial charge in [0.05, 0.1) is 6.10 Å². The summed E-state index contributed by atoms with van der Waals surface area (Å²) in [5.74, 6) is 0.289. The second-order valence-electron chi connectivity index (χ2n) is 3.10. The molecule has 12 heavy (non-hydrogen) atoms. The van der Waals surface area contributed by atoms with Crippen LogP contribution in [0, 0.1) is 5.92 Å². The predicted molar refractivity (Wildman–Crippen MR) is 53.4 cm³/mol. The Labute approximate surface area is 96.1 Å². The van der Waals surface area contributed by atoms with E-state index in [0.29, 0.717) is 0 Å². The van der Waals surface area contributed by atoms with Gasteiger partial charge >= 0.3 is 29.6 Å². The number of aliphatic hydroxyl groups excluding tert-OH is 1. The molecule has 1 rings (SSSR count). The van der Waals surface area contributed by atoms with Crippen LogP contribution in [0.3, 0.4) is 0 Å². The van der Waals surface area contributed by atoms with Gasteiger partial charge in [0, 0.05) is 0 Å². The van der Waals surface area contributed by atoms with E-state index in [2.05, 4.69) is 0 Å². The number of benzene rings is 1. The summed E-state index contributed by atoms with van der Waals surface area (Å²) < 4.78 is 0. The Hall–Kier alpha value is 0.180. The van der Waals surface area contributed by atoms with E-state index in [4.69, 9.17) is 0 Å². The third kappa shape index (κ3) is 3.28. The zero-order valence-corrected chi connectivity index (χ0v) is 6.99. The van der Waals surface area contributed by atoms with Gasteiger partial charge in [0.2, 0.25) is 0 Å². The third-order valence-electron chi connectivity index (χ3n) is 1.77. The average molecular weight is 174 g/mol. The van der Waals surface area contributed by atoms with E-state index in [0.717, 1.165) is 5.56 Å². The summed E-state index contributed by atoms with van der Waals surface area (Å²) in [5, 5.41) is 9.60. The molecule has 0 aliphatic rings. The monoisotopic (exact) mass is 174 g/mol. The quantitative estimate of drug-likeness (QED) is 0.677. The molecular formula is C10H15NaO. The van der Waals surface area contributed by atoms with Crippen molar-refractivity contribution in [2.45, 2.75) is 20.0 Å². The summed E-state index contributed by atoms with van der Waals surface area (Å²) in [4.78, 5) is 0. The van der Waals surface area contributed by atoms with Gasteiger partial charge in [-0.25, -0.2) is 0 Å². The fourth-order valence-electron chi connectivity index (χ4n) is 1.04. The molecule has 0 saturated heterocycles. The SMILES string of the molecule is CC(C)C(O)c1ccccc1.[NaH]. The topological polar surface area (TPSA) is 20.2 Å². The zero-order valence-electron chi connectivity index (χ0n) is 6.99. The van der Waals surface area contributed by atoms with E-state index in [-0.39, 0.29) is 41.6 Å². The van der Waals surface area contributed by atoms with Crippen LogP contribution in [0.5, 0.6) is 0 Å². The van der Waals surface area contributed by atoms with Crippen LogP contribution < -0.4 is 0 Å². The number of aliphatic hydroxyl groups is 1. The molecule has 1 aromatic carbocycles. The molecule has 0 radical (unpaired) electrons. The zero-order chi connectivity index (χ0) is 8.27. The van der Waals surface area contributed by atoms with Gasteiger partial charge in [-0.3, -0.25) is 0 Å². The molecule has 1 nitrogen and oxygen atoms in total. The number of hydrogen-bond acceptors (Lipinski definition) is 1. The van der Waals surface area contributed by atoms with Crippen molar-refractivity contribution in [3.63, 3.8) is 0 Å². The molecule has 0 bridgehead atoms. The second-order valence-corrected chi connectivity index (χ2v) is 3.10. The average Bonchev–Trinajstić information content (AvgIpc) is 2.05. The fourth-order valence-corrected chi connectivity index (χ4v) is 1.04. The first kappa shape index (κ1) is 12.2. The minimum absolute atomic E-state index is 0. The molecule has 1 unspecified atom stereocenters. The van der Waals surface area contributed by atoms with E-state index >= 15 is 0 Å². The van der Waals surface area contributed by atoms with Crippen molar-refractivity contribution in [1.29, 1.82) is 0 Å². The van der Waals surface area contributed by atoms with Crippen molar-refractivity contribution < 1.29 is 5.11 Å². The van der Waals surface area contributed by atoms with Crippen LogP contribution in [0.4, 0.5) is 0 Å². The molecule has 2 heteroatoms. The Morgan fingerprint density at radius 2 is 1.58 bits per heavy atom. The van der Waals surface area contributed by atoms with Crippen LogP contribution in [-0.4, -0.2) is 34.7 Å². The Kier molecular flexibility index (Phi) is 5.85. The van der Waals surface area contributed by atoms with E-state index in [9.17, 15) is 5.11 Å². The van der Waals surface area contributed by atoms with Crippen LogP contribution in [0.2, 0.25) is 0 Å². The number of hydrogen-bond donors (Lipinski definition) is 1. The first-order valence-electron chi connectivity index (χ1n) is 3.95. The van der Waals surface area contributed by atoms with Crippen LogP contribution >= 0.6 is 0 Å². The Balaban J connectivity index is 0.00000121. The van der Waals surface area contributed by atoms with Crippen LogP contribution in [0.15, 0.2) is 30.3 Å². The van der Waals surface area contributed by atoms with Crippen molar-refractivity contribution in [3.05, 3.63) is 35.9 Å². The molecule has 0 aliphatic heterocycles. The summed E-state index contributed by atoms with van der Waals surface area (Å²) >= 11 is 0. The first-order chi connectivity index (χ1) is 5.22. The summed E-state index contributed by atoms with van der Waals surface area (Å²) in [7, 11) is 0.